The van der Waals surface area contributed by atoms with Gasteiger partial charge in [-0.25, -0.2) is 0 Å². The highest BCUT2D eigenvalue weighted by atomic mass is 16.5. The third-order valence-electron chi connectivity index (χ3n) is 4.31. The second kappa shape index (κ2) is 7.99. The summed E-state index contributed by atoms with van der Waals surface area (Å²) in [6.07, 6.45) is 3.82. The molecule has 0 amide bonds. The maximum atomic E-state index is 11.9. The average molecular weight is 285 g/mol. The molecule has 0 aromatic carbocycles. The van der Waals surface area contributed by atoms with Gasteiger partial charge in [0.05, 0.1) is 12.0 Å². The van der Waals surface area contributed by atoms with Crippen LogP contribution in [0.5, 0.6) is 0 Å². The van der Waals surface area contributed by atoms with Gasteiger partial charge in [-0.05, 0) is 24.7 Å². The second-order valence-corrected chi connectivity index (χ2v) is 6.91. The van der Waals surface area contributed by atoms with E-state index in [2.05, 4.69) is 25.7 Å². The maximum Gasteiger partial charge on any atom is 0.310 e. The largest absolute Gasteiger partial charge is 0.481 e. The summed E-state index contributed by atoms with van der Waals surface area (Å²) in [7, 11) is 1.70. The molecule has 1 aliphatic carbocycles. The van der Waals surface area contributed by atoms with Crippen molar-refractivity contribution in [1.82, 2.24) is 4.90 Å². The number of rotatable bonds is 8. The average Bonchev–Trinajstić information content (AvgIpc) is 2.35. The highest BCUT2D eigenvalue weighted by Crippen LogP contribution is 2.40. The fraction of sp³-hybridized carbons (Fsp3) is 0.938. The molecular formula is C16H31NO3. The van der Waals surface area contributed by atoms with Gasteiger partial charge in [-0.15, -0.1) is 0 Å². The number of aliphatic carboxylic acids is 1. The van der Waals surface area contributed by atoms with E-state index < -0.39 is 11.4 Å². The molecule has 118 valence electrons. The van der Waals surface area contributed by atoms with Crippen LogP contribution in [0.4, 0.5) is 0 Å². The number of carboxylic acid groups (broad SMARTS) is 1. The summed E-state index contributed by atoms with van der Waals surface area (Å²) < 4.78 is 5.17. The van der Waals surface area contributed by atoms with E-state index in [4.69, 9.17) is 4.74 Å². The van der Waals surface area contributed by atoms with Crippen molar-refractivity contribution >= 4 is 5.97 Å². The Morgan fingerprint density at radius 1 is 1.50 bits per heavy atom. The number of hydrogen-bond donors (Lipinski definition) is 1. The van der Waals surface area contributed by atoms with Gasteiger partial charge in [-0.1, -0.05) is 33.6 Å². The molecule has 2 atom stereocenters. The first-order valence-electron chi connectivity index (χ1n) is 7.84. The monoisotopic (exact) mass is 285 g/mol. The first-order valence-corrected chi connectivity index (χ1v) is 7.84. The van der Waals surface area contributed by atoms with Gasteiger partial charge in [0.25, 0.3) is 0 Å². The van der Waals surface area contributed by atoms with E-state index >= 15 is 0 Å². The SMILES string of the molecule is COCCN(CC(C)C)CC1(C(=O)O)CCCC(C)C1. The Morgan fingerprint density at radius 3 is 2.70 bits per heavy atom. The van der Waals surface area contributed by atoms with Crippen LogP contribution in [0.15, 0.2) is 0 Å². The van der Waals surface area contributed by atoms with E-state index in [1.54, 1.807) is 7.11 Å². The first-order chi connectivity index (χ1) is 9.39. The van der Waals surface area contributed by atoms with E-state index in [1.165, 1.54) is 0 Å². The van der Waals surface area contributed by atoms with E-state index in [9.17, 15) is 9.90 Å². The van der Waals surface area contributed by atoms with Gasteiger partial charge in [0.1, 0.15) is 0 Å². The van der Waals surface area contributed by atoms with Crippen molar-refractivity contribution in [3.8, 4) is 0 Å². The van der Waals surface area contributed by atoms with Crippen molar-refractivity contribution in [3.05, 3.63) is 0 Å². The standard InChI is InChI=1S/C16H31NO3/c1-13(2)11-17(8-9-20-4)12-16(15(18)19)7-5-6-14(3)10-16/h13-14H,5-12H2,1-4H3,(H,18,19). The predicted molar refractivity (Wildman–Crippen MR) is 80.9 cm³/mol. The Labute approximate surface area is 123 Å². The molecule has 0 heterocycles. The van der Waals surface area contributed by atoms with E-state index in [1.807, 2.05) is 0 Å². The van der Waals surface area contributed by atoms with Crippen LogP contribution in [0.3, 0.4) is 0 Å². The van der Waals surface area contributed by atoms with Crippen LogP contribution in [0.2, 0.25) is 0 Å². The quantitative estimate of drug-likeness (QED) is 0.745. The fourth-order valence-electron chi connectivity index (χ4n) is 3.47. The lowest BCUT2D eigenvalue weighted by Gasteiger charge is -2.40. The molecular weight excluding hydrogens is 254 g/mol. The van der Waals surface area contributed by atoms with Crippen molar-refractivity contribution in [1.29, 1.82) is 0 Å². The van der Waals surface area contributed by atoms with Crippen LogP contribution in [0, 0.1) is 17.3 Å². The van der Waals surface area contributed by atoms with Gasteiger partial charge in [0, 0.05) is 26.7 Å². The summed E-state index contributed by atoms with van der Waals surface area (Å²) in [4.78, 5) is 14.1. The minimum Gasteiger partial charge on any atom is -0.481 e. The molecule has 1 fully saturated rings. The molecule has 0 bridgehead atoms. The molecule has 1 aliphatic rings. The zero-order chi connectivity index (χ0) is 15.2. The Kier molecular flexibility index (Phi) is 6.96. The number of carboxylic acids is 1. The van der Waals surface area contributed by atoms with Crippen molar-refractivity contribution in [2.45, 2.75) is 46.5 Å². The van der Waals surface area contributed by atoms with Gasteiger partial charge in [-0.2, -0.15) is 0 Å². The number of carbonyl (C=O) groups is 1. The first kappa shape index (κ1) is 17.4. The topological polar surface area (TPSA) is 49.8 Å². The van der Waals surface area contributed by atoms with Crippen LogP contribution >= 0.6 is 0 Å². The summed E-state index contributed by atoms with van der Waals surface area (Å²) in [6.45, 7) is 9.61. The van der Waals surface area contributed by atoms with E-state index in [-0.39, 0.29) is 0 Å². The lowest BCUT2D eigenvalue weighted by molar-refractivity contribution is -0.154. The molecule has 0 aromatic rings. The van der Waals surface area contributed by atoms with Crippen LogP contribution in [-0.2, 0) is 9.53 Å². The van der Waals surface area contributed by atoms with Crippen molar-refractivity contribution in [2.75, 3.05) is 33.4 Å². The third kappa shape index (κ3) is 5.06. The van der Waals surface area contributed by atoms with Crippen molar-refractivity contribution in [2.24, 2.45) is 17.3 Å². The smallest absolute Gasteiger partial charge is 0.310 e. The van der Waals surface area contributed by atoms with Gasteiger partial charge in [0.2, 0.25) is 0 Å². The molecule has 1 saturated carbocycles. The molecule has 0 saturated heterocycles. The molecule has 20 heavy (non-hydrogen) atoms. The number of hydrogen-bond acceptors (Lipinski definition) is 3. The number of nitrogens with zero attached hydrogens (tertiary/aromatic N) is 1. The van der Waals surface area contributed by atoms with Crippen LogP contribution < -0.4 is 0 Å². The lowest BCUT2D eigenvalue weighted by Crippen LogP contribution is -2.47. The molecule has 0 aromatic heterocycles. The fourth-order valence-corrected chi connectivity index (χ4v) is 3.47. The molecule has 0 spiro atoms. The third-order valence-corrected chi connectivity index (χ3v) is 4.31. The summed E-state index contributed by atoms with van der Waals surface area (Å²) in [5.74, 6) is 0.442. The van der Waals surface area contributed by atoms with Gasteiger partial charge in [0.15, 0.2) is 0 Å². The zero-order valence-electron chi connectivity index (χ0n) is 13.5. The summed E-state index contributed by atoms with van der Waals surface area (Å²) in [5.41, 5.74) is -0.555. The maximum absolute atomic E-state index is 11.9. The van der Waals surface area contributed by atoms with Crippen molar-refractivity contribution < 1.29 is 14.6 Å². The van der Waals surface area contributed by atoms with Crippen LogP contribution in [-0.4, -0.2) is 49.3 Å². The Bertz CT molecular complexity index is 306. The van der Waals surface area contributed by atoms with Crippen molar-refractivity contribution in [3.63, 3.8) is 0 Å². The molecule has 0 radical (unpaired) electrons. The Morgan fingerprint density at radius 2 is 2.20 bits per heavy atom. The van der Waals surface area contributed by atoms with Crippen LogP contribution in [0.1, 0.15) is 46.5 Å². The van der Waals surface area contributed by atoms with E-state index in [0.717, 1.165) is 38.8 Å². The molecule has 0 aliphatic heterocycles. The van der Waals surface area contributed by atoms with Crippen LogP contribution in [0.25, 0.3) is 0 Å². The normalized spacial score (nSPS) is 27.2. The highest BCUT2D eigenvalue weighted by molar-refractivity contribution is 5.75. The molecule has 4 nitrogen and oxygen atoms in total. The van der Waals surface area contributed by atoms with E-state index in [0.29, 0.717) is 25.0 Å². The molecule has 1 rings (SSSR count). The lowest BCUT2D eigenvalue weighted by atomic mass is 9.69. The summed E-state index contributed by atoms with van der Waals surface area (Å²) >= 11 is 0. The Hall–Kier alpha value is -0.610. The Balaban J connectivity index is 2.76. The molecule has 2 unspecified atom stereocenters. The minimum absolute atomic E-state index is 0.517. The van der Waals surface area contributed by atoms with Gasteiger partial charge >= 0.3 is 5.97 Å². The summed E-state index contributed by atoms with van der Waals surface area (Å²) in [5, 5.41) is 9.76. The van der Waals surface area contributed by atoms with Gasteiger partial charge in [-0.3, -0.25) is 9.69 Å². The summed E-state index contributed by atoms with van der Waals surface area (Å²) in [6, 6.07) is 0. The predicted octanol–water partition coefficient (Wildman–Crippen LogP) is 2.87. The highest BCUT2D eigenvalue weighted by Gasteiger charge is 2.43. The second-order valence-electron chi connectivity index (χ2n) is 6.91. The zero-order valence-corrected chi connectivity index (χ0v) is 13.5. The number of ether oxygens (including phenoxy) is 1. The molecule has 4 heteroatoms. The minimum atomic E-state index is -0.616. The molecule has 1 N–H and O–H groups in total. The number of methoxy groups -OCH3 is 1. The van der Waals surface area contributed by atoms with Gasteiger partial charge < -0.3 is 9.84 Å².